The molecule has 0 saturated carbocycles. The largest absolute Gasteiger partial charge is 0.391 e. The molecule has 0 spiro atoms. The van der Waals surface area contributed by atoms with Crippen LogP contribution >= 0.6 is 35.6 Å². The predicted molar refractivity (Wildman–Crippen MR) is 53.5 cm³/mol. The molecule has 0 aliphatic carbocycles. The van der Waals surface area contributed by atoms with Gasteiger partial charge in [-0.25, -0.2) is 0 Å². The maximum atomic E-state index is 8.41. The van der Waals surface area contributed by atoms with Gasteiger partial charge in [0.05, 0.1) is 24.7 Å². The Hall–Kier alpha value is 0.750. The molecule has 0 amide bonds. The van der Waals surface area contributed by atoms with Crippen LogP contribution in [0.25, 0.3) is 0 Å². The lowest BCUT2D eigenvalue weighted by atomic mass is 10.4. The SMILES string of the molecule is Cl.ClC[C@@H]1CO1.NC[C@H](O)CCl. The molecule has 1 aliphatic rings. The number of halogens is 3. The Morgan fingerprint density at radius 1 is 1.58 bits per heavy atom. The van der Waals surface area contributed by atoms with Gasteiger partial charge in [0.1, 0.15) is 0 Å². The maximum absolute atomic E-state index is 8.41. The summed E-state index contributed by atoms with van der Waals surface area (Å²) >= 11 is 10.4. The minimum Gasteiger partial charge on any atom is -0.391 e. The molecule has 0 bridgehead atoms. The molecule has 1 fully saturated rings. The lowest BCUT2D eigenvalue weighted by molar-refractivity contribution is 0.206. The first-order valence-corrected chi connectivity index (χ1v) is 4.43. The lowest BCUT2D eigenvalue weighted by Gasteiger charge is -1.96. The molecular weight excluding hydrogens is 224 g/mol. The molecule has 1 saturated heterocycles. The quantitative estimate of drug-likeness (QED) is 0.559. The molecule has 1 heterocycles. The van der Waals surface area contributed by atoms with Gasteiger partial charge in [0.25, 0.3) is 0 Å². The summed E-state index contributed by atoms with van der Waals surface area (Å²) in [4.78, 5) is 0. The van der Waals surface area contributed by atoms with E-state index < -0.39 is 6.10 Å². The van der Waals surface area contributed by atoms with E-state index in [2.05, 4.69) is 0 Å². The second kappa shape index (κ2) is 9.84. The predicted octanol–water partition coefficient (Wildman–Crippen LogP) is 0.591. The highest BCUT2D eigenvalue weighted by Gasteiger charge is 2.19. The van der Waals surface area contributed by atoms with Gasteiger partial charge in [-0.3, -0.25) is 0 Å². The van der Waals surface area contributed by atoms with E-state index in [0.29, 0.717) is 12.0 Å². The van der Waals surface area contributed by atoms with Crippen LogP contribution in [0.1, 0.15) is 0 Å². The van der Waals surface area contributed by atoms with Crippen molar-refractivity contribution in [3.8, 4) is 0 Å². The van der Waals surface area contributed by atoms with E-state index in [4.69, 9.17) is 38.8 Å². The van der Waals surface area contributed by atoms with Crippen LogP contribution in [0.4, 0.5) is 0 Å². The summed E-state index contributed by atoms with van der Waals surface area (Å²) in [6.07, 6.45) is -0.122. The van der Waals surface area contributed by atoms with Gasteiger partial charge in [0.2, 0.25) is 0 Å². The molecule has 0 radical (unpaired) electrons. The highest BCUT2D eigenvalue weighted by molar-refractivity contribution is 6.18. The smallest absolute Gasteiger partial charge is 0.0944 e. The topological polar surface area (TPSA) is 58.8 Å². The third-order valence-corrected chi connectivity index (χ3v) is 1.73. The number of aliphatic hydroxyl groups excluding tert-OH is 1. The zero-order valence-electron chi connectivity index (χ0n) is 6.58. The second-order valence-corrected chi connectivity index (χ2v) is 2.77. The van der Waals surface area contributed by atoms with Crippen LogP contribution < -0.4 is 5.73 Å². The summed E-state index contributed by atoms with van der Waals surface area (Å²) in [5.41, 5.74) is 4.95. The van der Waals surface area contributed by atoms with Gasteiger partial charge in [0.15, 0.2) is 0 Å². The molecule has 2 atom stereocenters. The van der Waals surface area contributed by atoms with Crippen LogP contribution in [0, 0.1) is 0 Å². The number of alkyl halides is 2. The molecular formula is C6H14Cl3NO2. The highest BCUT2D eigenvalue weighted by Crippen LogP contribution is 2.08. The van der Waals surface area contributed by atoms with Crippen LogP contribution in [-0.4, -0.2) is 42.2 Å². The third kappa shape index (κ3) is 10.8. The van der Waals surface area contributed by atoms with E-state index in [1.807, 2.05) is 0 Å². The summed E-state index contributed by atoms with van der Waals surface area (Å²) in [5, 5.41) is 8.41. The van der Waals surface area contributed by atoms with Crippen molar-refractivity contribution in [2.45, 2.75) is 12.2 Å². The molecule has 12 heavy (non-hydrogen) atoms. The number of hydrogen-bond acceptors (Lipinski definition) is 3. The fourth-order valence-corrected chi connectivity index (χ4v) is 0.524. The molecule has 0 aromatic carbocycles. The van der Waals surface area contributed by atoms with E-state index in [1.54, 1.807) is 0 Å². The molecule has 3 nitrogen and oxygen atoms in total. The number of aliphatic hydroxyl groups is 1. The highest BCUT2D eigenvalue weighted by atomic mass is 35.5. The van der Waals surface area contributed by atoms with Crippen molar-refractivity contribution in [1.29, 1.82) is 0 Å². The average Bonchev–Trinajstić information content (AvgIpc) is 2.86. The van der Waals surface area contributed by atoms with Crippen LogP contribution in [-0.2, 0) is 4.74 Å². The van der Waals surface area contributed by atoms with Gasteiger partial charge in [0, 0.05) is 12.4 Å². The van der Waals surface area contributed by atoms with Gasteiger partial charge in [-0.2, -0.15) is 0 Å². The number of nitrogens with two attached hydrogens (primary N) is 1. The van der Waals surface area contributed by atoms with E-state index in [-0.39, 0.29) is 24.8 Å². The minimum absolute atomic E-state index is 0. The first-order chi connectivity index (χ1) is 5.24. The molecule has 6 heteroatoms. The van der Waals surface area contributed by atoms with Gasteiger partial charge in [-0.05, 0) is 0 Å². The Labute approximate surface area is 88.6 Å². The Kier molecular flexibility index (Phi) is 12.5. The molecule has 0 aromatic rings. The summed E-state index contributed by atoms with van der Waals surface area (Å²) in [5.74, 6) is 0.899. The van der Waals surface area contributed by atoms with E-state index in [0.717, 1.165) is 6.61 Å². The number of epoxide rings is 1. The minimum atomic E-state index is -0.522. The summed E-state index contributed by atoms with van der Waals surface area (Å²) < 4.78 is 4.73. The van der Waals surface area contributed by atoms with Gasteiger partial charge < -0.3 is 15.6 Å². The van der Waals surface area contributed by atoms with Crippen molar-refractivity contribution >= 4 is 35.6 Å². The second-order valence-electron chi connectivity index (χ2n) is 2.15. The van der Waals surface area contributed by atoms with Crippen molar-refractivity contribution in [3.05, 3.63) is 0 Å². The molecule has 76 valence electrons. The summed E-state index contributed by atoms with van der Waals surface area (Å²) in [7, 11) is 0. The fourth-order valence-electron chi connectivity index (χ4n) is 0.220. The van der Waals surface area contributed by atoms with Crippen molar-refractivity contribution in [3.63, 3.8) is 0 Å². The third-order valence-electron chi connectivity index (χ3n) is 1.02. The summed E-state index contributed by atoms with van der Waals surface area (Å²) in [6, 6.07) is 0. The summed E-state index contributed by atoms with van der Waals surface area (Å²) in [6.45, 7) is 1.13. The number of rotatable bonds is 3. The Balaban J connectivity index is 0. The molecule has 3 N–H and O–H groups in total. The van der Waals surface area contributed by atoms with Crippen molar-refractivity contribution < 1.29 is 9.84 Å². The van der Waals surface area contributed by atoms with E-state index in [1.165, 1.54) is 0 Å². The van der Waals surface area contributed by atoms with Crippen LogP contribution in [0.2, 0.25) is 0 Å². The molecule has 1 rings (SSSR count). The Bertz CT molecular complexity index is 88.9. The van der Waals surface area contributed by atoms with Crippen LogP contribution in [0.5, 0.6) is 0 Å². The van der Waals surface area contributed by atoms with Gasteiger partial charge in [-0.1, -0.05) is 0 Å². The fraction of sp³-hybridized carbons (Fsp3) is 1.00. The first kappa shape index (κ1) is 15.2. The average molecular weight is 239 g/mol. The zero-order valence-corrected chi connectivity index (χ0v) is 8.91. The van der Waals surface area contributed by atoms with Gasteiger partial charge >= 0.3 is 0 Å². The standard InChI is InChI=1S/C3H8ClNO.C3H5ClO.ClH/c4-1-3(6)2-5;4-1-3-2-5-3;/h3,6H,1-2,5H2;3H,1-2H2;1H/t2*3-;/m11./s1. The van der Waals surface area contributed by atoms with E-state index >= 15 is 0 Å². The van der Waals surface area contributed by atoms with Gasteiger partial charge in [-0.15, -0.1) is 35.6 Å². The number of hydrogen-bond donors (Lipinski definition) is 2. The molecule has 1 aliphatic heterocycles. The Morgan fingerprint density at radius 3 is 2.08 bits per heavy atom. The van der Waals surface area contributed by atoms with Crippen molar-refractivity contribution in [2.24, 2.45) is 5.73 Å². The molecule has 0 aromatic heterocycles. The first-order valence-electron chi connectivity index (χ1n) is 3.36. The monoisotopic (exact) mass is 237 g/mol. The maximum Gasteiger partial charge on any atom is 0.0944 e. The normalized spacial score (nSPS) is 21.5. The number of ether oxygens (including phenoxy) is 1. The van der Waals surface area contributed by atoms with Crippen molar-refractivity contribution in [2.75, 3.05) is 24.9 Å². The van der Waals surface area contributed by atoms with E-state index in [9.17, 15) is 0 Å². The molecule has 0 unspecified atom stereocenters. The Morgan fingerprint density at radius 2 is 2.08 bits per heavy atom. The van der Waals surface area contributed by atoms with Crippen LogP contribution in [0.15, 0.2) is 0 Å². The van der Waals surface area contributed by atoms with Crippen LogP contribution in [0.3, 0.4) is 0 Å². The lowest BCUT2D eigenvalue weighted by Crippen LogP contribution is -2.20. The zero-order chi connectivity index (χ0) is 8.69. The van der Waals surface area contributed by atoms with Crippen molar-refractivity contribution in [1.82, 2.24) is 0 Å².